The van der Waals surface area contributed by atoms with Crippen molar-refractivity contribution in [1.82, 2.24) is 0 Å². The van der Waals surface area contributed by atoms with Gasteiger partial charge in [-0.2, -0.15) is 0 Å². The Morgan fingerprint density at radius 1 is 0.957 bits per heavy atom. The molecule has 0 bridgehead atoms. The number of carbonyl (C=O) groups is 1. The lowest BCUT2D eigenvalue weighted by Crippen LogP contribution is -2.05. The second-order valence-corrected chi connectivity index (χ2v) is 5.11. The predicted molar refractivity (Wildman–Crippen MR) is 97.4 cm³/mol. The fraction of sp³-hybridized carbons (Fsp3) is 0.550. The van der Waals surface area contributed by atoms with Gasteiger partial charge >= 0.3 is 5.97 Å². The van der Waals surface area contributed by atoms with Gasteiger partial charge in [0.25, 0.3) is 0 Å². The first-order chi connectivity index (χ1) is 14.4. The van der Waals surface area contributed by atoms with E-state index in [1.54, 1.807) is 0 Å². The third-order valence-corrected chi connectivity index (χ3v) is 3.05. The minimum atomic E-state index is -1.76. The highest BCUT2D eigenvalue weighted by Gasteiger charge is 2.02. The number of carboxylic acid groups (broad SMARTS) is 1. The van der Waals surface area contributed by atoms with E-state index < -0.39 is 48.3 Å². The van der Waals surface area contributed by atoms with Gasteiger partial charge in [-0.15, -0.1) is 0 Å². The van der Waals surface area contributed by atoms with Gasteiger partial charge in [-0.05, 0) is 25.7 Å². The molecule has 23 heavy (non-hydrogen) atoms. The lowest BCUT2D eigenvalue weighted by atomic mass is 10.0. The van der Waals surface area contributed by atoms with Gasteiger partial charge in [-0.1, -0.05) is 81.4 Å². The van der Waals surface area contributed by atoms with Crippen molar-refractivity contribution in [3.63, 3.8) is 0 Å². The molecule has 0 unspecified atom stereocenters. The highest BCUT2D eigenvalue weighted by atomic mass is 16.4. The fourth-order valence-corrected chi connectivity index (χ4v) is 1.86. The number of rotatable bonds is 14. The second-order valence-electron chi connectivity index (χ2n) is 5.11. The van der Waals surface area contributed by atoms with Crippen LogP contribution in [0.15, 0.2) is 48.4 Å². The van der Waals surface area contributed by atoms with E-state index in [-0.39, 0.29) is 18.6 Å². The van der Waals surface area contributed by atoms with Gasteiger partial charge in [-0.25, -0.2) is 4.79 Å². The van der Waals surface area contributed by atoms with Crippen LogP contribution in [0.4, 0.5) is 0 Å². The van der Waals surface area contributed by atoms with Crippen LogP contribution in [-0.2, 0) is 4.79 Å². The van der Waals surface area contributed by atoms with Crippen molar-refractivity contribution in [1.29, 1.82) is 0 Å². The van der Waals surface area contributed by atoms with Crippen molar-refractivity contribution in [3.05, 3.63) is 48.4 Å². The van der Waals surface area contributed by atoms with Crippen molar-refractivity contribution in [3.8, 4) is 0 Å². The molecule has 0 aromatic carbocycles. The first kappa shape index (κ1) is 11.0. The minimum absolute atomic E-state index is 0.185. The molecular weight excluding hydrogens is 288 g/mol. The minimum Gasteiger partial charge on any atom is -0.478 e. The Balaban J connectivity index is 5.02. The van der Waals surface area contributed by atoms with Crippen molar-refractivity contribution in [2.24, 2.45) is 0 Å². The molecule has 0 fully saturated rings. The summed E-state index contributed by atoms with van der Waals surface area (Å²) in [6, 6.07) is -6.72. The maximum atomic E-state index is 10.7. The van der Waals surface area contributed by atoms with Crippen LogP contribution in [0.25, 0.3) is 0 Å². The van der Waals surface area contributed by atoms with Gasteiger partial charge in [0.2, 0.25) is 0 Å². The molecule has 0 spiro atoms. The molecule has 1 atom stereocenters. The quantitative estimate of drug-likeness (QED) is 0.262. The Bertz CT molecular complexity index is 741. The number of carboxylic acids is 1. The summed E-state index contributed by atoms with van der Waals surface area (Å²) in [6.07, 6.45) is 6.57. The zero-order valence-corrected chi connectivity index (χ0v) is 13.7. The summed E-state index contributed by atoms with van der Waals surface area (Å²) in [4.78, 5) is 10.7. The summed E-state index contributed by atoms with van der Waals surface area (Å²) in [6.45, 7) is 2.10. The van der Waals surface area contributed by atoms with Crippen LogP contribution in [-0.4, -0.2) is 22.3 Å². The molecule has 0 aliphatic carbocycles. The molecule has 0 rings (SSSR count). The van der Waals surface area contributed by atoms with Gasteiger partial charge in [0, 0.05) is 6.05 Å². The van der Waals surface area contributed by atoms with E-state index in [0.717, 1.165) is 38.5 Å². The Labute approximate surface area is 152 Å². The molecule has 0 aromatic rings. The number of allylic oxidation sites excluding steroid dienone is 7. The normalized spacial score (nSPS) is 22.2. The zero-order valence-electron chi connectivity index (χ0n) is 21.7. The lowest BCUT2D eigenvalue weighted by molar-refractivity contribution is -0.131. The van der Waals surface area contributed by atoms with Crippen LogP contribution in [0.5, 0.6) is 0 Å². The van der Waals surface area contributed by atoms with Crippen LogP contribution >= 0.6 is 0 Å². The van der Waals surface area contributed by atoms with Crippen molar-refractivity contribution < 1.29 is 26.0 Å². The maximum Gasteiger partial charge on any atom is 0.328 e. The summed E-state index contributed by atoms with van der Waals surface area (Å²) in [5.74, 6) is -1.76. The molecular formula is C20H32O3. The summed E-state index contributed by atoms with van der Waals surface area (Å²) in [7, 11) is 0. The van der Waals surface area contributed by atoms with E-state index in [1.807, 2.05) is 0 Å². The number of unbranched alkanes of at least 4 members (excludes halogenated alkanes) is 4. The highest BCUT2D eigenvalue weighted by Crippen LogP contribution is 2.11. The van der Waals surface area contributed by atoms with Crippen molar-refractivity contribution in [2.45, 2.75) is 70.8 Å². The standard InChI is InChI=1S/C20H32O3/c1-2-3-13-16-19(21)17-14-11-9-7-5-4-6-8-10-12-15-18-20(22)23/h4-6,8,10,12,15,18-19,21H,2-3,7,9,11,13-14,16-17H2,1H3,(H,22,23)/t19-/m0/s1/i4D,5D,6D,8D,10D,12D,15D,18D. The summed E-state index contributed by atoms with van der Waals surface area (Å²) in [5.41, 5.74) is 0. The molecule has 0 aliphatic rings. The largest absolute Gasteiger partial charge is 0.478 e. The molecule has 3 heteroatoms. The van der Waals surface area contributed by atoms with Crippen LogP contribution in [0.3, 0.4) is 0 Å². The van der Waals surface area contributed by atoms with Crippen LogP contribution < -0.4 is 0 Å². The SMILES string of the molecule is [2H]C(CCCCC[C@@H](O)CCCCC)=C([2H])C([2H])=C([2H])C([2H])=C([2H])C([2H])=C([2H])C(=O)O. The van der Waals surface area contributed by atoms with Gasteiger partial charge in [-0.3, -0.25) is 0 Å². The Hall–Kier alpha value is -1.61. The number of aliphatic carboxylic acids is 1. The molecule has 0 saturated heterocycles. The van der Waals surface area contributed by atoms with E-state index in [9.17, 15) is 9.90 Å². The van der Waals surface area contributed by atoms with E-state index in [0.29, 0.717) is 12.8 Å². The maximum absolute atomic E-state index is 10.7. The van der Waals surface area contributed by atoms with Gasteiger partial charge in [0.15, 0.2) is 0 Å². The second kappa shape index (κ2) is 16.8. The summed E-state index contributed by atoms with van der Waals surface area (Å²) >= 11 is 0. The summed E-state index contributed by atoms with van der Waals surface area (Å²) in [5, 5.41) is 18.6. The van der Waals surface area contributed by atoms with E-state index in [2.05, 4.69) is 6.92 Å². The predicted octanol–water partition coefficient (Wildman–Crippen LogP) is 5.19. The van der Waals surface area contributed by atoms with Crippen molar-refractivity contribution in [2.75, 3.05) is 0 Å². The molecule has 3 nitrogen and oxygen atoms in total. The zero-order chi connectivity index (χ0) is 24.1. The number of aliphatic hydroxyl groups excluding tert-OH is 1. The molecule has 0 aromatic heterocycles. The first-order valence-corrected chi connectivity index (χ1v) is 8.06. The molecule has 0 heterocycles. The smallest absolute Gasteiger partial charge is 0.328 e. The third kappa shape index (κ3) is 18.3. The van der Waals surface area contributed by atoms with Crippen LogP contribution in [0, 0.1) is 0 Å². The summed E-state index contributed by atoms with van der Waals surface area (Å²) < 4.78 is 61.4. The Morgan fingerprint density at radius 3 is 2.22 bits per heavy atom. The average Bonchev–Trinajstić information content (AvgIpc) is 2.74. The van der Waals surface area contributed by atoms with Crippen LogP contribution in [0.1, 0.15) is 75.7 Å². The van der Waals surface area contributed by atoms with Gasteiger partial charge in [0.05, 0.1) is 17.1 Å². The monoisotopic (exact) mass is 328 g/mol. The molecule has 2 N–H and O–H groups in total. The van der Waals surface area contributed by atoms with Crippen LogP contribution in [0.2, 0.25) is 0 Å². The number of hydrogen-bond donors (Lipinski definition) is 2. The molecule has 0 aliphatic heterocycles. The molecule has 130 valence electrons. The molecule has 0 saturated carbocycles. The highest BCUT2D eigenvalue weighted by molar-refractivity contribution is 5.80. The van der Waals surface area contributed by atoms with E-state index in [4.69, 9.17) is 16.1 Å². The van der Waals surface area contributed by atoms with Gasteiger partial charge in [0.1, 0.15) is 0 Å². The number of aliphatic hydroxyl groups is 1. The third-order valence-electron chi connectivity index (χ3n) is 3.05. The van der Waals surface area contributed by atoms with Crippen molar-refractivity contribution >= 4 is 5.97 Å². The van der Waals surface area contributed by atoms with E-state index in [1.165, 1.54) is 0 Å². The lowest BCUT2D eigenvalue weighted by Gasteiger charge is -2.09. The fourth-order valence-electron chi connectivity index (χ4n) is 1.86. The number of hydrogen-bond acceptors (Lipinski definition) is 2. The Morgan fingerprint density at radius 2 is 1.57 bits per heavy atom. The average molecular weight is 329 g/mol. The van der Waals surface area contributed by atoms with Gasteiger partial charge < -0.3 is 10.2 Å². The Kier molecular flexibility index (Phi) is 8.04. The molecule has 0 radical (unpaired) electrons. The van der Waals surface area contributed by atoms with E-state index >= 15 is 0 Å². The molecule has 0 amide bonds. The topological polar surface area (TPSA) is 57.5 Å². The first-order valence-electron chi connectivity index (χ1n) is 12.1.